The van der Waals surface area contributed by atoms with E-state index in [-0.39, 0.29) is 11.6 Å². The number of carboxylic acid groups (broad SMARTS) is 1. The van der Waals surface area contributed by atoms with E-state index in [4.69, 9.17) is 0 Å². The number of carbonyl (C=O) groups excluding carboxylic acids is 1. The lowest BCUT2D eigenvalue weighted by Gasteiger charge is -2.20. The van der Waals surface area contributed by atoms with Gasteiger partial charge >= 0.3 is 0 Å². The van der Waals surface area contributed by atoms with Crippen molar-refractivity contribution in [2.24, 2.45) is 0 Å². The highest BCUT2D eigenvalue weighted by Crippen LogP contribution is 2.05. The fraction of sp³-hybridized carbons (Fsp3) is 0.625. The second-order valence-corrected chi connectivity index (χ2v) is 2.91. The molecule has 0 aliphatic heterocycles. The van der Waals surface area contributed by atoms with Gasteiger partial charge in [0.25, 0.3) is 0 Å². The highest BCUT2D eigenvalue weighted by atomic mass is 16.4. The molecule has 1 atom stereocenters. The van der Waals surface area contributed by atoms with Gasteiger partial charge in [0, 0.05) is 6.04 Å². The summed E-state index contributed by atoms with van der Waals surface area (Å²) in [5.41, 5.74) is 0.159. The predicted molar refractivity (Wildman–Crippen MR) is 41.9 cm³/mol. The molecule has 0 aliphatic carbocycles. The highest BCUT2D eigenvalue weighted by molar-refractivity contribution is 5.83. The summed E-state index contributed by atoms with van der Waals surface area (Å²) in [7, 11) is 3.79. The van der Waals surface area contributed by atoms with Crippen LogP contribution in [0.2, 0.25) is 0 Å². The molecule has 0 rings (SSSR count). The molecule has 0 saturated heterocycles. The molecule has 0 aromatic rings. The van der Waals surface area contributed by atoms with Gasteiger partial charge in [0.1, 0.15) is 0 Å². The van der Waals surface area contributed by atoms with Crippen LogP contribution < -0.4 is 5.11 Å². The van der Waals surface area contributed by atoms with E-state index in [2.05, 4.69) is 6.58 Å². The van der Waals surface area contributed by atoms with E-state index in [1.54, 1.807) is 0 Å². The molecule has 3 nitrogen and oxygen atoms in total. The van der Waals surface area contributed by atoms with Crippen molar-refractivity contribution in [3.05, 3.63) is 12.2 Å². The molecule has 0 aliphatic rings. The van der Waals surface area contributed by atoms with Crippen LogP contribution in [0, 0.1) is 0 Å². The summed E-state index contributed by atoms with van der Waals surface area (Å²) in [6, 6.07) is 0.195. The first-order valence-corrected chi connectivity index (χ1v) is 3.50. The molecule has 0 fully saturated rings. The molecule has 1 unspecified atom stereocenters. The predicted octanol–water partition coefficient (Wildman–Crippen LogP) is -0.367. The standard InChI is InChI=1S/C8H15NO2/c1-6(8(10)11)5-7(2)9(3)4/h7H,1,5H2,2-4H3,(H,10,11)/p-1. The first-order chi connectivity index (χ1) is 4.95. The van der Waals surface area contributed by atoms with E-state index >= 15 is 0 Å². The van der Waals surface area contributed by atoms with Crippen LogP contribution in [0.15, 0.2) is 12.2 Å². The third kappa shape index (κ3) is 3.78. The number of carboxylic acids is 1. The van der Waals surface area contributed by atoms with Crippen LogP contribution >= 0.6 is 0 Å². The molecular formula is C8H14NO2-. The van der Waals surface area contributed by atoms with Gasteiger partial charge in [0.2, 0.25) is 0 Å². The van der Waals surface area contributed by atoms with Gasteiger partial charge in [-0.3, -0.25) is 0 Å². The molecule has 0 bridgehead atoms. The number of rotatable bonds is 4. The van der Waals surface area contributed by atoms with E-state index in [9.17, 15) is 9.90 Å². The maximum absolute atomic E-state index is 10.2. The molecule has 0 N–H and O–H groups in total. The van der Waals surface area contributed by atoms with Crippen molar-refractivity contribution in [2.75, 3.05) is 14.1 Å². The second-order valence-electron chi connectivity index (χ2n) is 2.91. The van der Waals surface area contributed by atoms with E-state index in [0.717, 1.165) is 0 Å². The maximum Gasteiger partial charge on any atom is 0.0669 e. The maximum atomic E-state index is 10.2. The Morgan fingerprint density at radius 1 is 1.64 bits per heavy atom. The number of hydrogen-bond donors (Lipinski definition) is 0. The van der Waals surface area contributed by atoms with E-state index in [1.807, 2.05) is 25.9 Å². The molecule has 64 valence electrons. The minimum Gasteiger partial charge on any atom is -0.545 e. The zero-order valence-corrected chi connectivity index (χ0v) is 7.26. The lowest BCUT2D eigenvalue weighted by molar-refractivity contribution is -0.299. The van der Waals surface area contributed by atoms with Crippen LogP contribution in [0.1, 0.15) is 13.3 Å². The zero-order chi connectivity index (χ0) is 9.02. The summed E-state index contributed by atoms with van der Waals surface area (Å²) in [6.45, 7) is 5.33. The lowest BCUT2D eigenvalue weighted by Crippen LogP contribution is -2.30. The Labute approximate surface area is 67.3 Å². The molecule has 3 heteroatoms. The van der Waals surface area contributed by atoms with Crippen molar-refractivity contribution in [3.63, 3.8) is 0 Å². The average molecular weight is 156 g/mol. The molecule has 0 saturated carbocycles. The Morgan fingerprint density at radius 3 is 2.36 bits per heavy atom. The van der Waals surface area contributed by atoms with E-state index in [1.165, 1.54) is 0 Å². The summed E-state index contributed by atoms with van der Waals surface area (Å²) >= 11 is 0. The van der Waals surface area contributed by atoms with Crippen LogP contribution in [-0.4, -0.2) is 31.0 Å². The van der Waals surface area contributed by atoms with Crippen molar-refractivity contribution in [3.8, 4) is 0 Å². The normalized spacial score (nSPS) is 13.1. The van der Waals surface area contributed by atoms with Crippen molar-refractivity contribution in [1.82, 2.24) is 4.90 Å². The number of hydrogen-bond acceptors (Lipinski definition) is 3. The third-order valence-electron chi connectivity index (χ3n) is 1.71. The summed E-state index contributed by atoms with van der Waals surface area (Å²) < 4.78 is 0. The summed E-state index contributed by atoms with van der Waals surface area (Å²) in [5, 5.41) is 10.2. The van der Waals surface area contributed by atoms with Crippen LogP contribution in [0.4, 0.5) is 0 Å². The van der Waals surface area contributed by atoms with E-state index in [0.29, 0.717) is 6.42 Å². The van der Waals surface area contributed by atoms with Crippen molar-refractivity contribution < 1.29 is 9.90 Å². The molecule has 11 heavy (non-hydrogen) atoms. The topological polar surface area (TPSA) is 43.4 Å². The van der Waals surface area contributed by atoms with Crippen molar-refractivity contribution in [1.29, 1.82) is 0 Å². The van der Waals surface area contributed by atoms with Crippen LogP contribution in [-0.2, 0) is 4.79 Å². The first-order valence-electron chi connectivity index (χ1n) is 3.50. The molecule has 0 spiro atoms. The fourth-order valence-corrected chi connectivity index (χ4v) is 0.623. The van der Waals surface area contributed by atoms with Gasteiger partial charge in [0.15, 0.2) is 0 Å². The Kier molecular flexibility index (Phi) is 3.82. The SMILES string of the molecule is C=C(CC(C)N(C)C)C(=O)[O-]. The Balaban J connectivity index is 3.85. The summed E-state index contributed by atoms with van der Waals surface area (Å²) in [6.07, 6.45) is 0.454. The third-order valence-corrected chi connectivity index (χ3v) is 1.71. The summed E-state index contributed by atoms with van der Waals surface area (Å²) in [5.74, 6) is -1.15. The monoisotopic (exact) mass is 156 g/mol. The van der Waals surface area contributed by atoms with Gasteiger partial charge in [-0.15, -0.1) is 0 Å². The average Bonchev–Trinajstić information content (AvgIpc) is 1.87. The quantitative estimate of drug-likeness (QED) is 0.522. The van der Waals surface area contributed by atoms with Gasteiger partial charge in [0.05, 0.1) is 5.97 Å². The lowest BCUT2D eigenvalue weighted by atomic mass is 10.1. The van der Waals surface area contributed by atoms with Gasteiger partial charge in [-0.2, -0.15) is 0 Å². The molecule has 0 amide bonds. The Hall–Kier alpha value is -0.830. The largest absolute Gasteiger partial charge is 0.545 e. The highest BCUT2D eigenvalue weighted by Gasteiger charge is 2.06. The fourth-order valence-electron chi connectivity index (χ4n) is 0.623. The molecule has 0 aromatic carbocycles. The number of aliphatic carboxylic acids is 1. The van der Waals surface area contributed by atoms with E-state index < -0.39 is 5.97 Å². The van der Waals surface area contributed by atoms with Crippen LogP contribution in [0.5, 0.6) is 0 Å². The zero-order valence-electron chi connectivity index (χ0n) is 7.26. The molecule has 0 heterocycles. The molecule has 0 aromatic heterocycles. The number of nitrogens with zero attached hydrogens (tertiary/aromatic N) is 1. The Morgan fingerprint density at radius 2 is 2.09 bits per heavy atom. The van der Waals surface area contributed by atoms with Crippen LogP contribution in [0.3, 0.4) is 0 Å². The second kappa shape index (κ2) is 4.13. The van der Waals surface area contributed by atoms with Crippen molar-refractivity contribution in [2.45, 2.75) is 19.4 Å². The van der Waals surface area contributed by atoms with Gasteiger partial charge in [-0.05, 0) is 33.0 Å². The van der Waals surface area contributed by atoms with Crippen LogP contribution in [0.25, 0.3) is 0 Å². The molecule has 0 radical (unpaired) electrons. The summed E-state index contributed by atoms with van der Waals surface area (Å²) in [4.78, 5) is 12.2. The van der Waals surface area contributed by atoms with Gasteiger partial charge < -0.3 is 14.8 Å². The van der Waals surface area contributed by atoms with Crippen molar-refractivity contribution >= 4 is 5.97 Å². The minimum atomic E-state index is -1.15. The first kappa shape index (κ1) is 10.2. The number of carbonyl (C=O) groups is 1. The molecular weight excluding hydrogens is 142 g/mol. The smallest absolute Gasteiger partial charge is 0.0669 e. The van der Waals surface area contributed by atoms with Gasteiger partial charge in [-0.25, -0.2) is 0 Å². The Bertz CT molecular complexity index is 163. The van der Waals surface area contributed by atoms with Gasteiger partial charge in [-0.1, -0.05) is 6.58 Å². The minimum absolute atomic E-state index is 0.159.